The molecule has 0 atom stereocenters. The molecule has 1 heterocycles. The summed E-state index contributed by atoms with van der Waals surface area (Å²) in [5.74, 6) is 1.16. The maximum absolute atomic E-state index is 4.94. The topological polar surface area (TPSA) is 17.8 Å². The van der Waals surface area contributed by atoms with Crippen molar-refractivity contribution in [3.05, 3.63) is 101 Å². The van der Waals surface area contributed by atoms with Crippen molar-refractivity contribution in [3.63, 3.8) is 0 Å². The second-order valence-electron chi connectivity index (χ2n) is 7.02. The lowest BCUT2D eigenvalue weighted by atomic mass is 10.1. The Kier molecular flexibility index (Phi) is 4.57. The number of nitrogens with zero attached hydrogens (tertiary/aromatic N) is 2. The monoisotopic (exact) mass is 340 g/mol. The molecule has 0 radical (unpaired) electrons. The fourth-order valence-corrected chi connectivity index (χ4v) is 3.53. The van der Waals surface area contributed by atoms with E-state index in [-0.39, 0.29) is 0 Å². The number of aryl methyl sites for hydroxylation is 4. The number of imidazole rings is 1. The second kappa shape index (κ2) is 7.17. The van der Waals surface area contributed by atoms with Gasteiger partial charge in [-0.25, -0.2) is 4.98 Å². The van der Waals surface area contributed by atoms with E-state index in [2.05, 4.69) is 91.2 Å². The van der Waals surface area contributed by atoms with Crippen molar-refractivity contribution in [1.29, 1.82) is 0 Å². The molecule has 2 heteroatoms. The van der Waals surface area contributed by atoms with Crippen LogP contribution in [0, 0.1) is 13.8 Å². The molecule has 0 aliphatic heterocycles. The van der Waals surface area contributed by atoms with E-state index in [0.29, 0.717) is 0 Å². The fourth-order valence-electron chi connectivity index (χ4n) is 3.53. The van der Waals surface area contributed by atoms with Crippen LogP contribution >= 0.6 is 0 Å². The highest BCUT2D eigenvalue weighted by Crippen LogP contribution is 2.21. The van der Waals surface area contributed by atoms with E-state index in [1.807, 2.05) is 0 Å². The Labute approximate surface area is 155 Å². The largest absolute Gasteiger partial charge is 0.323 e. The number of para-hydroxylation sites is 2. The van der Waals surface area contributed by atoms with Gasteiger partial charge in [0.15, 0.2) is 0 Å². The van der Waals surface area contributed by atoms with E-state index in [1.165, 1.54) is 27.8 Å². The van der Waals surface area contributed by atoms with Crippen molar-refractivity contribution < 1.29 is 0 Å². The minimum atomic E-state index is 0.873. The first-order valence-corrected chi connectivity index (χ1v) is 9.25. The summed E-state index contributed by atoms with van der Waals surface area (Å²) in [7, 11) is 0. The standard InChI is InChI=1S/C24H24N2/c1-18-12-13-19(2)21(16-18)17-26-23-11-7-6-10-22(23)25-24(26)15-14-20-8-4-3-5-9-20/h3-13,16H,14-15,17H2,1-2H3. The molecule has 4 aromatic rings. The molecular weight excluding hydrogens is 316 g/mol. The number of rotatable bonds is 5. The zero-order chi connectivity index (χ0) is 17.9. The number of aromatic nitrogens is 2. The summed E-state index contributed by atoms with van der Waals surface area (Å²) in [4.78, 5) is 4.94. The third-order valence-corrected chi connectivity index (χ3v) is 5.05. The third-order valence-electron chi connectivity index (χ3n) is 5.05. The highest BCUT2D eigenvalue weighted by atomic mass is 15.1. The lowest BCUT2D eigenvalue weighted by Crippen LogP contribution is -2.08. The molecule has 0 saturated carbocycles. The summed E-state index contributed by atoms with van der Waals surface area (Å²) >= 11 is 0. The Morgan fingerprint density at radius 3 is 2.42 bits per heavy atom. The molecule has 0 bridgehead atoms. The number of hydrogen-bond donors (Lipinski definition) is 0. The summed E-state index contributed by atoms with van der Waals surface area (Å²) in [5, 5.41) is 0. The van der Waals surface area contributed by atoms with E-state index in [0.717, 1.165) is 30.7 Å². The van der Waals surface area contributed by atoms with Crippen molar-refractivity contribution in [2.24, 2.45) is 0 Å². The molecule has 2 nitrogen and oxygen atoms in total. The van der Waals surface area contributed by atoms with Crippen molar-refractivity contribution in [3.8, 4) is 0 Å². The van der Waals surface area contributed by atoms with Gasteiger partial charge >= 0.3 is 0 Å². The number of fused-ring (bicyclic) bond motifs is 1. The number of benzene rings is 3. The summed E-state index contributed by atoms with van der Waals surface area (Å²) in [6, 6.07) is 25.8. The molecule has 0 aliphatic rings. The van der Waals surface area contributed by atoms with Gasteiger partial charge < -0.3 is 4.57 Å². The van der Waals surface area contributed by atoms with E-state index >= 15 is 0 Å². The molecule has 0 amide bonds. The van der Waals surface area contributed by atoms with Gasteiger partial charge in [0, 0.05) is 13.0 Å². The molecule has 0 unspecified atom stereocenters. The summed E-state index contributed by atoms with van der Waals surface area (Å²) < 4.78 is 2.39. The fraction of sp³-hybridized carbons (Fsp3) is 0.208. The Morgan fingerprint density at radius 1 is 0.808 bits per heavy atom. The normalized spacial score (nSPS) is 11.2. The van der Waals surface area contributed by atoms with Gasteiger partial charge in [-0.2, -0.15) is 0 Å². The first kappa shape index (κ1) is 16.6. The Bertz CT molecular complexity index is 1030. The molecular formula is C24H24N2. The minimum absolute atomic E-state index is 0.873. The van der Waals surface area contributed by atoms with Gasteiger partial charge in [0.1, 0.15) is 5.82 Å². The molecule has 4 rings (SSSR count). The van der Waals surface area contributed by atoms with Crippen LogP contribution in [-0.4, -0.2) is 9.55 Å². The van der Waals surface area contributed by atoms with Crippen LogP contribution in [0.5, 0.6) is 0 Å². The van der Waals surface area contributed by atoms with Crippen LogP contribution in [0.15, 0.2) is 72.8 Å². The molecule has 1 aromatic heterocycles. The molecule has 0 fully saturated rings. The smallest absolute Gasteiger partial charge is 0.110 e. The summed E-state index contributed by atoms with van der Waals surface area (Å²) in [6.45, 7) is 5.22. The average molecular weight is 340 g/mol. The maximum Gasteiger partial charge on any atom is 0.110 e. The molecule has 0 spiro atoms. The van der Waals surface area contributed by atoms with Crippen LogP contribution in [0.4, 0.5) is 0 Å². The van der Waals surface area contributed by atoms with E-state index in [9.17, 15) is 0 Å². The van der Waals surface area contributed by atoms with Crippen LogP contribution in [-0.2, 0) is 19.4 Å². The number of hydrogen-bond acceptors (Lipinski definition) is 1. The first-order chi connectivity index (χ1) is 12.7. The summed E-state index contributed by atoms with van der Waals surface area (Å²) in [5.41, 5.74) is 7.67. The maximum atomic E-state index is 4.94. The van der Waals surface area contributed by atoms with Crippen LogP contribution < -0.4 is 0 Å². The van der Waals surface area contributed by atoms with Crippen LogP contribution in [0.1, 0.15) is 28.1 Å². The van der Waals surface area contributed by atoms with Crippen LogP contribution in [0.2, 0.25) is 0 Å². The third kappa shape index (κ3) is 3.41. The molecule has 3 aromatic carbocycles. The summed E-state index contributed by atoms with van der Waals surface area (Å²) in [6.07, 6.45) is 1.96. The molecule has 130 valence electrons. The zero-order valence-electron chi connectivity index (χ0n) is 15.4. The lowest BCUT2D eigenvalue weighted by molar-refractivity contribution is 0.727. The van der Waals surface area contributed by atoms with E-state index < -0.39 is 0 Å². The van der Waals surface area contributed by atoms with E-state index in [1.54, 1.807) is 0 Å². The molecule has 0 N–H and O–H groups in total. The molecule has 26 heavy (non-hydrogen) atoms. The van der Waals surface area contributed by atoms with Gasteiger partial charge in [-0.05, 0) is 49.1 Å². The van der Waals surface area contributed by atoms with Gasteiger partial charge in [-0.3, -0.25) is 0 Å². The predicted octanol–water partition coefficient (Wildman–Crippen LogP) is 5.49. The highest BCUT2D eigenvalue weighted by Gasteiger charge is 2.12. The Hall–Kier alpha value is -2.87. The van der Waals surface area contributed by atoms with Gasteiger partial charge in [-0.1, -0.05) is 66.2 Å². The van der Waals surface area contributed by atoms with Crippen molar-refractivity contribution in [2.75, 3.05) is 0 Å². The van der Waals surface area contributed by atoms with E-state index in [4.69, 9.17) is 4.98 Å². The SMILES string of the molecule is Cc1ccc(C)c(Cn2c(CCc3ccccc3)nc3ccccc32)c1. The molecule has 0 aliphatic carbocycles. The Balaban J connectivity index is 1.70. The second-order valence-corrected chi connectivity index (χ2v) is 7.02. The quantitative estimate of drug-likeness (QED) is 0.470. The predicted molar refractivity (Wildman–Crippen MR) is 109 cm³/mol. The van der Waals surface area contributed by atoms with Crippen molar-refractivity contribution in [1.82, 2.24) is 9.55 Å². The highest BCUT2D eigenvalue weighted by molar-refractivity contribution is 5.76. The van der Waals surface area contributed by atoms with Crippen molar-refractivity contribution in [2.45, 2.75) is 33.2 Å². The zero-order valence-corrected chi connectivity index (χ0v) is 15.4. The van der Waals surface area contributed by atoms with Gasteiger partial charge in [-0.15, -0.1) is 0 Å². The average Bonchev–Trinajstić information content (AvgIpc) is 3.01. The minimum Gasteiger partial charge on any atom is -0.323 e. The van der Waals surface area contributed by atoms with Crippen molar-refractivity contribution >= 4 is 11.0 Å². The van der Waals surface area contributed by atoms with Gasteiger partial charge in [0.2, 0.25) is 0 Å². The molecule has 0 saturated heterocycles. The lowest BCUT2D eigenvalue weighted by Gasteiger charge is -2.12. The van der Waals surface area contributed by atoms with Crippen LogP contribution in [0.25, 0.3) is 11.0 Å². The Morgan fingerprint density at radius 2 is 1.58 bits per heavy atom. The van der Waals surface area contributed by atoms with Gasteiger partial charge in [0.25, 0.3) is 0 Å². The van der Waals surface area contributed by atoms with Gasteiger partial charge in [0.05, 0.1) is 11.0 Å². The van der Waals surface area contributed by atoms with Crippen LogP contribution in [0.3, 0.4) is 0 Å². The first-order valence-electron chi connectivity index (χ1n) is 9.25.